The van der Waals surface area contributed by atoms with Crippen LogP contribution in [0.3, 0.4) is 0 Å². The predicted octanol–water partition coefficient (Wildman–Crippen LogP) is 28.0. The van der Waals surface area contributed by atoms with E-state index in [1.54, 1.807) is 0 Å². The first-order chi connectivity index (χ1) is 56.6. The number of hydrogen-bond acceptors (Lipinski definition) is 4. The van der Waals surface area contributed by atoms with E-state index in [2.05, 4.69) is 322 Å². The summed E-state index contributed by atoms with van der Waals surface area (Å²) in [5, 5.41) is 13.5. The first-order valence-electron chi connectivity index (χ1n) is 40.3. The number of benzene rings is 14. The molecule has 0 saturated heterocycles. The molecule has 4 aliphatic rings. The fourth-order valence-corrected chi connectivity index (χ4v) is 19.4. The number of carbonyl (C=O) groups excluding carboxylic acids is 1. The van der Waals surface area contributed by atoms with Crippen LogP contribution in [0.25, 0.3) is 167 Å². The van der Waals surface area contributed by atoms with Crippen molar-refractivity contribution in [2.24, 2.45) is 0 Å². The third-order valence-electron chi connectivity index (χ3n) is 24.7. The molecule has 561 valence electrons. The maximum atomic E-state index is 10.0. The molecule has 4 heterocycles. The molecule has 2 spiro atoms. The zero-order valence-corrected chi connectivity index (χ0v) is 67.1. The molecule has 7 heteroatoms. The van der Waals surface area contributed by atoms with Crippen molar-refractivity contribution in [1.29, 1.82) is 0 Å². The first-order valence-corrected chi connectivity index (χ1v) is 40.3. The summed E-state index contributed by atoms with van der Waals surface area (Å²) in [6.45, 7) is 2.85. The maximum Gasteiger partial charge on any atom is 0.155 e. The standard InChI is InChI=1S/2C52H37N2.C5H8O2.Ir/c2*1-3-18-50-45(15-1)46-16-2-4-19-51(46)54(50)42-24-20-35(21-25-42)39-22-26-43-44-27-23-40(34-48(44)52(47(43)33-39)28-6-7-29-52)37-12-9-11-36(31-37)38-13-10-14-41(32-38)49-17-5-8-30-53-49;1-4(6)3-5(2)7;/h2*1-5,8-13,15-27,30-34H,6-7,28-29H2;3,6H,1-2H3;/q2*-1;;/b;;4-3-;. The van der Waals surface area contributed by atoms with Crippen molar-refractivity contribution in [1.82, 2.24) is 19.1 Å². The summed E-state index contributed by atoms with van der Waals surface area (Å²) < 4.78 is 4.79. The van der Waals surface area contributed by atoms with Gasteiger partial charge in [-0.2, -0.15) is 0 Å². The Morgan fingerprint density at radius 2 is 0.621 bits per heavy atom. The Kier molecular flexibility index (Phi) is 19.3. The molecule has 0 amide bonds. The molecule has 2 saturated carbocycles. The largest absolute Gasteiger partial charge is 0.512 e. The summed E-state index contributed by atoms with van der Waals surface area (Å²) in [5.41, 5.74) is 37.9. The Bertz CT molecular complexity index is 6330. The Morgan fingerprint density at radius 1 is 0.328 bits per heavy atom. The average molecular weight is 1670 g/mol. The number of rotatable bonds is 11. The van der Waals surface area contributed by atoms with Gasteiger partial charge in [0, 0.05) is 82.3 Å². The summed E-state index contributed by atoms with van der Waals surface area (Å²) in [6, 6.07) is 132. The quantitative estimate of drug-likeness (QED) is 0.0796. The van der Waals surface area contributed by atoms with Crippen LogP contribution < -0.4 is 0 Å². The minimum Gasteiger partial charge on any atom is -0.512 e. The van der Waals surface area contributed by atoms with Crippen LogP contribution in [0.1, 0.15) is 87.5 Å². The Hall–Kier alpha value is -13.2. The van der Waals surface area contributed by atoms with Gasteiger partial charge in [-0.3, -0.25) is 4.79 Å². The third kappa shape index (κ3) is 13.1. The molecule has 0 unspecified atom stereocenters. The van der Waals surface area contributed by atoms with Crippen LogP contribution in [0, 0.1) is 12.1 Å². The van der Waals surface area contributed by atoms with Crippen LogP contribution >= 0.6 is 0 Å². The van der Waals surface area contributed by atoms with Gasteiger partial charge in [0.1, 0.15) is 0 Å². The smallest absolute Gasteiger partial charge is 0.155 e. The van der Waals surface area contributed by atoms with Gasteiger partial charge in [-0.05, 0) is 248 Å². The summed E-state index contributed by atoms with van der Waals surface area (Å²) in [4.78, 5) is 19.1. The van der Waals surface area contributed by atoms with Gasteiger partial charge >= 0.3 is 0 Å². The van der Waals surface area contributed by atoms with Gasteiger partial charge in [-0.15, -0.1) is 70.8 Å². The number of ketones is 1. The zero-order chi connectivity index (χ0) is 77.1. The molecule has 4 aliphatic carbocycles. The van der Waals surface area contributed by atoms with Gasteiger partial charge in [-0.25, -0.2) is 0 Å². The SMILES string of the molecule is CC(=O)/C=C(/C)O.[Ir].[c-]1ccc(-c2cccc(-c3ccc4c(c3)C3(CCCC3)c3cc(-c5ccc(-n6c7ccccc7c7ccccc76)cc5)ccc3-4)c2)cc1-c1ccccn1.[c-]1ccc(-c2cccc(-c3ccc4c(c3)C3(CCCC3)c3cc(-c5ccc(-n6c7ccccc7c7ccccc76)cc5)ccc3-4)c2)cc1-c1ccccn1. The molecule has 0 bridgehead atoms. The van der Waals surface area contributed by atoms with Crippen LogP contribution in [0.5, 0.6) is 0 Å². The van der Waals surface area contributed by atoms with Crippen molar-refractivity contribution >= 4 is 49.4 Å². The van der Waals surface area contributed by atoms with E-state index in [0.717, 1.165) is 22.5 Å². The second-order valence-electron chi connectivity index (χ2n) is 31.4. The third-order valence-corrected chi connectivity index (χ3v) is 24.7. The average Bonchev–Trinajstić information content (AvgIpc) is 1.56. The first kappa shape index (κ1) is 73.0. The molecule has 2 fully saturated rings. The van der Waals surface area contributed by atoms with E-state index in [1.165, 1.54) is 238 Å². The molecular formula is C109H82IrN4O2-2. The summed E-state index contributed by atoms with van der Waals surface area (Å²) in [6.07, 6.45) is 14.7. The van der Waals surface area contributed by atoms with E-state index in [0.29, 0.717) is 0 Å². The number of aliphatic hydroxyl groups is 1. The van der Waals surface area contributed by atoms with Crippen molar-refractivity contribution in [2.45, 2.75) is 76.0 Å². The number of allylic oxidation sites excluding steroid dienone is 2. The topological polar surface area (TPSA) is 72.9 Å². The van der Waals surface area contributed by atoms with Crippen molar-refractivity contribution in [3.63, 3.8) is 0 Å². The predicted molar refractivity (Wildman–Crippen MR) is 475 cm³/mol. The van der Waals surface area contributed by atoms with Gasteiger partial charge in [0.25, 0.3) is 0 Å². The Morgan fingerprint density at radius 3 is 0.922 bits per heavy atom. The number of aromatic nitrogens is 4. The number of aliphatic hydroxyl groups excluding tert-OH is 1. The fourth-order valence-electron chi connectivity index (χ4n) is 19.4. The number of pyridine rings is 2. The Labute approximate surface area is 690 Å². The molecule has 22 rings (SSSR count). The number of fused-ring (bicyclic) bond motifs is 16. The number of hydrogen-bond donors (Lipinski definition) is 1. The molecule has 14 aromatic carbocycles. The number of para-hydroxylation sites is 4. The summed E-state index contributed by atoms with van der Waals surface area (Å²) in [7, 11) is 0. The zero-order valence-electron chi connectivity index (χ0n) is 64.7. The van der Waals surface area contributed by atoms with E-state index < -0.39 is 0 Å². The van der Waals surface area contributed by atoms with Gasteiger partial charge < -0.3 is 24.2 Å². The molecule has 1 radical (unpaired) electrons. The van der Waals surface area contributed by atoms with E-state index in [9.17, 15) is 4.79 Å². The maximum absolute atomic E-state index is 10.0. The molecule has 4 aromatic heterocycles. The Balaban J connectivity index is 0.000000142. The molecule has 116 heavy (non-hydrogen) atoms. The molecular weight excluding hydrogens is 1590 g/mol. The molecule has 0 atom stereocenters. The van der Waals surface area contributed by atoms with Gasteiger partial charge in [0.15, 0.2) is 5.78 Å². The van der Waals surface area contributed by atoms with E-state index in [-0.39, 0.29) is 42.5 Å². The molecule has 0 aliphatic heterocycles. The minimum absolute atomic E-state index is 0. The van der Waals surface area contributed by atoms with Gasteiger partial charge in [0.05, 0.1) is 27.8 Å². The van der Waals surface area contributed by atoms with Crippen LogP contribution in [0.4, 0.5) is 0 Å². The van der Waals surface area contributed by atoms with Gasteiger partial charge in [0.2, 0.25) is 0 Å². The van der Waals surface area contributed by atoms with E-state index >= 15 is 0 Å². The fraction of sp³-hybridized carbons (Fsp3) is 0.110. The second kappa shape index (κ2) is 30.6. The van der Waals surface area contributed by atoms with Crippen LogP contribution in [-0.4, -0.2) is 30.0 Å². The van der Waals surface area contributed by atoms with Gasteiger partial charge in [-0.1, -0.05) is 232 Å². The van der Waals surface area contributed by atoms with Crippen molar-refractivity contribution in [2.75, 3.05) is 0 Å². The molecule has 6 nitrogen and oxygen atoms in total. The van der Waals surface area contributed by atoms with Crippen molar-refractivity contribution in [3.8, 4) is 123 Å². The molecule has 18 aromatic rings. The minimum atomic E-state index is -0.125. The number of carbonyl (C=O) groups is 1. The number of nitrogens with zero attached hydrogens (tertiary/aromatic N) is 4. The van der Waals surface area contributed by atoms with Crippen LogP contribution in [0.15, 0.2) is 364 Å². The second-order valence-corrected chi connectivity index (χ2v) is 31.4. The van der Waals surface area contributed by atoms with Crippen LogP contribution in [0.2, 0.25) is 0 Å². The normalized spacial score (nSPS) is 13.9. The summed E-state index contributed by atoms with van der Waals surface area (Å²) in [5.74, 6) is -0.0625. The van der Waals surface area contributed by atoms with E-state index in [4.69, 9.17) is 5.11 Å². The van der Waals surface area contributed by atoms with Crippen LogP contribution in [-0.2, 0) is 35.7 Å². The summed E-state index contributed by atoms with van der Waals surface area (Å²) >= 11 is 0. The molecule has 1 N–H and O–H groups in total. The van der Waals surface area contributed by atoms with Crippen molar-refractivity contribution in [3.05, 3.63) is 398 Å². The van der Waals surface area contributed by atoms with Crippen molar-refractivity contribution < 1.29 is 30.0 Å². The van der Waals surface area contributed by atoms with E-state index in [1.807, 2.05) is 60.9 Å². The monoisotopic (exact) mass is 1670 g/mol.